The summed E-state index contributed by atoms with van der Waals surface area (Å²) in [6, 6.07) is 4.43. The van der Waals surface area contributed by atoms with Gasteiger partial charge in [0.05, 0.1) is 6.61 Å². The average molecular weight is 224 g/mol. The molecule has 88 valence electrons. The number of carbonyl (C=O) groups is 1. The Morgan fingerprint density at radius 1 is 1.50 bits per heavy atom. The topological polar surface area (TPSA) is 66.8 Å². The number of benzene rings is 1. The third-order valence-electron chi connectivity index (χ3n) is 2.41. The average Bonchev–Trinajstić information content (AvgIpc) is 2.17. The van der Waals surface area contributed by atoms with Crippen LogP contribution in [0.3, 0.4) is 0 Å². The molecular weight excluding hydrogens is 208 g/mol. The lowest BCUT2D eigenvalue weighted by atomic mass is 9.92. The number of hydrogen-bond acceptors (Lipinski definition) is 4. The Morgan fingerprint density at radius 2 is 2.12 bits per heavy atom. The number of phenolic OH excluding ortho intramolecular Hbond substituents is 1. The molecule has 0 radical (unpaired) electrons. The lowest BCUT2D eigenvalue weighted by Gasteiger charge is -2.23. The molecule has 0 bridgehead atoms. The van der Waals surface area contributed by atoms with Gasteiger partial charge < -0.3 is 14.9 Å². The van der Waals surface area contributed by atoms with Crippen LogP contribution in [-0.4, -0.2) is 22.8 Å². The van der Waals surface area contributed by atoms with Crippen molar-refractivity contribution in [3.63, 3.8) is 0 Å². The van der Waals surface area contributed by atoms with Crippen molar-refractivity contribution in [1.29, 1.82) is 0 Å². The molecule has 4 nitrogen and oxygen atoms in total. The van der Waals surface area contributed by atoms with Gasteiger partial charge in [-0.25, -0.2) is 4.79 Å². The molecule has 0 amide bonds. The standard InChI is InChI=1S/C12H16O4/c1-4-16-11(14)12(3,15)10-6-5-9(13)7-8(10)2/h5-7,13,15H,4H2,1-3H3. The molecule has 1 aromatic carbocycles. The minimum Gasteiger partial charge on any atom is -0.508 e. The van der Waals surface area contributed by atoms with E-state index in [2.05, 4.69) is 0 Å². The molecule has 0 aromatic heterocycles. The summed E-state index contributed by atoms with van der Waals surface area (Å²) < 4.78 is 4.79. The van der Waals surface area contributed by atoms with Crippen molar-refractivity contribution >= 4 is 5.97 Å². The van der Waals surface area contributed by atoms with Crippen LogP contribution < -0.4 is 0 Å². The highest BCUT2D eigenvalue weighted by Gasteiger charge is 2.35. The van der Waals surface area contributed by atoms with Crippen molar-refractivity contribution in [2.75, 3.05) is 6.61 Å². The van der Waals surface area contributed by atoms with Crippen LogP contribution in [0.15, 0.2) is 18.2 Å². The molecule has 1 unspecified atom stereocenters. The number of esters is 1. The molecule has 1 atom stereocenters. The molecule has 2 N–H and O–H groups in total. The number of aryl methyl sites for hydroxylation is 1. The number of hydrogen-bond donors (Lipinski definition) is 2. The van der Waals surface area contributed by atoms with Gasteiger partial charge in [0.2, 0.25) is 0 Å². The maximum Gasteiger partial charge on any atom is 0.342 e. The maximum atomic E-state index is 11.6. The van der Waals surface area contributed by atoms with E-state index in [1.54, 1.807) is 13.8 Å². The molecule has 0 aliphatic carbocycles. The lowest BCUT2D eigenvalue weighted by Crippen LogP contribution is -2.34. The summed E-state index contributed by atoms with van der Waals surface area (Å²) in [6.45, 7) is 4.98. The molecule has 0 saturated heterocycles. The molecule has 0 aliphatic rings. The smallest absolute Gasteiger partial charge is 0.342 e. The Balaban J connectivity index is 3.11. The molecule has 1 rings (SSSR count). The van der Waals surface area contributed by atoms with Crippen LogP contribution >= 0.6 is 0 Å². The van der Waals surface area contributed by atoms with Crippen LogP contribution in [-0.2, 0) is 15.1 Å². The highest BCUT2D eigenvalue weighted by Crippen LogP contribution is 2.27. The number of ether oxygens (including phenoxy) is 1. The van der Waals surface area contributed by atoms with E-state index in [0.717, 1.165) is 0 Å². The summed E-state index contributed by atoms with van der Waals surface area (Å²) in [6.07, 6.45) is 0. The fraction of sp³-hybridized carbons (Fsp3) is 0.417. The second-order valence-electron chi connectivity index (χ2n) is 3.79. The molecule has 0 saturated carbocycles. The Bertz CT molecular complexity index is 396. The third kappa shape index (κ3) is 2.33. The van der Waals surface area contributed by atoms with Crippen molar-refractivity contribution in [3.8, 4) is 5.75 Å². The van der Waals surface area contributed by atoms with Crippen molar-refractivity contribution in [2.45, 2.75) is 26.4 Å². The third-order valence-corrected chi connectivity index (χ3v) is 2.41. The number of phenols is 1. The molecule has 0 spiro atoms. The van der Waals surface area contributed by atoms with Crippen LogP contribution in [0.4, 0.5) is 0 Å². The van der Waals surface area contributed by atoms with Gasteiger partial charge in [-0.2, -0.15) is 0 Å². The van der Waals surface area contributed by atoms with E-state index >= 15 is 0 Å². The van der Waals surface area contributed by atoms with Crippen LogP contribution in [0, 0.1) is 6.92 Å². The summed E-state index contributed by atoms with van der Waals surface area (Å²) in [7, 11) is 0. The first-order valence-corrected chi connectivity index (χ1v) is 5.09. The van der Waals surface area contributed by atoms with Gasteiger partial charge in [0.25, 0.3) is 0 Å². The largest absolute Gasteiger partial charge is 0.508 e. The molecule has 4 heteroatoms. The monoisotopic (exact) mass is 224 g/mol. The number of aromatic hydroxyl groups is 1. The quantitative estimate of drug-likeness (QED) is 0.763. The van der Waals surface area contributed by atoms with Crippen molar-refractivity contribution in [1.82, 2.24) is 0 Å². The van der Waals surface area contributed by atoms with Crippen LogP contribution in [0.1, 0.15) is 25.0 Å². The zero-order valence-corrected chi connectivity index (χ0v) is 9.65. The first-order valence-electron chi connectivity index (χ1n) is 5.09. The second-order valence-corrected chi connectivity index (χ2v) is 3.79. The van der Waals surface area contributed by atoms with Gasteiger partial charge in [0.1, 0.15) is 5.75 Å². The fourth-order valence-electron chi connectivity index (χ4n) is 1.58. The van der Waals surface area contributed by atoms with Gasteiger partial charge in [-0.3, -0.25) is 0 Å². The van der Waals surface area contributed by atoms with E-state index in [9.17, 15) is 15.0 Å². The predicted molar refractivity (Wildman–Crippen MR) is 59.0 cm³/mol. The van der Waals surface area contributed by atoms with Crippen molar-refractivity contribution in [2.24, 2.45) is 0 Å². The van der Waals surface area contributed by atoms with Crippen molar-refractivity contribution < 1.29 is 19.7 Å². The summed E-state index contributed by atoms with van der Waals surface area (Å²) in [4.78, 5) is 11.6. The summed E-state index contributed by atoms with van der Waals surface area (Å²) in [5, 5.41) is 19.3. The van der Waals surface area contributed by atoms with E-state index < -0.39 is 11.6 Å². The van der Waals surface area contributed by atoms with E-state index in [1.807, 2.05) is 0 Å². The molecule has 0 aliphatic heterocycles. The Hall–Kier alpha value is -1.55. The summed E-state index contributed by atoms with van der Waals surface area (Å²) in [5.74, 6) is -0.593. The molecule has 0 fully saturated rings. The van der Waals surface area contributed by atoms with Gasteiger partial charge in [-0.15, -0.1) is 0 Å². The van der Waals surface area contributed by atoms with Crippen LogP contribution in [0.5, 0.6) is 5.75 Å². The highest BCUT2D eigenvalue weighted by molar-refractivity contribution is 5.81. The van der Waals surface area contributed by atoms with Gasteiger partial charge in [-0.1, -0.05) is 6.07 Å². The minimum absolute atomic E-state index is 0.0981. The molecular formula is C12H16O4. The van der Waals surface area contributed by atoms with Crippen LogP contribution in [0.2, 0.25) is 0 Å². The summed E-state index contributed by atoms with van der Waals surface area (Å²) in [5.41, 5.74) is -0.616. The SMILES string of the molecule is CCOC(=O)C(C)(O)c1ccc(O)cc1C. The Kier molecular flexibility index (Phi) is 3.55. The van der Waals surface area contributed by atoms with E-state index in [0.29, 0.717) is 11.1 Å². The number of aliphatic hydroxyl groups is 1. The molecule has 0 heterocycles. The Labute approximate surface area is 94.5 Å². The summed E-state index contributed by atoms with van der Waals surface area (Å²) >= 11 is 0. The fourth-order valence-corrected chi connectivity index (χ4v) is 1.58. The van der Waals surface area contributed by atoms with Gasteiger partial charge in [-0.05, 0) is 44.0 Å². The van der Waals surface area contributed by atoms with Crippen molar-refractivity contribution in [3.05, 3.63) is 29.3 Å². The zero-order chi connectivity index (χ0) is 12.3. The van der Waals surface area contributed by atoms with Crippen LogP contribution in [0.25, 0.3) is 0 Å². The Morgan fingerprint density at radius 3 is 2.62 bits per heavy atom. The van der Waals surface area contributed by atoms with Gasteiger partial charge in [0, 0.05) is 0 Å². The maximum absolute atomic E-state index is 11.6. The van der Waals surface area contributed by atoms with E-state index in [4.69, 9.17) is 4.74 Å². The first-order chi connectivity index (χ1) is 7.39. The number of carbonyl (C=O) groups excluding carboxylic acids is 1. The van der Waals surface area contributed by atoms with Gasteiger partial charge in [0.15, 0.2) is 5.60 Å². The first kappa shape index (κ1) is 12.5. The van der Waals surface area contributed by atoms with E-state index in [-0.39, 0.29) is 12.4 Å². The second kappa shape index (κ2) is 4.53. The minimum atomic E-state index is -1.69. The molecule has 1 aromatic rings. The van der Waals surface area contributed by atoms with E-state index in [1.165, 1.54) is 25.1 Å². The molecule has 16 heavy (non-hydrogen) atoms. The predicted octanol–water partition coefficient (Wildman–Crippen LogP) is 1.47. The normalized spacial score (nSPS) is 14.2. The highest BCUT2D eigenvalue weighted by atomic mass is 16.5. The van der Waals surface area contributed by atoms with Gasteiger partial charge >= 0.3 is 5.97 Å². The number of rotatable bonds is 3. The zero-order valence-electron chi connectivity index (χ0n) is 9.65. The lowest BCUT2D eigenvalue weighted by molar-refractivity contribution is -0.164.